The Balaban J connectivity index is 1.60. The molecule has 11 nitrogen and oxygen atoms in total. The smallest absolute Gasteiger partial charge is 0.337 e. The standard InChI is InChI=1S/C19H23N3O8/c1-27-9-14(23)20-8-13-17(25)16(24)12(29-13)7-15-21-18(22-30-15)10-3-5-11(6-4-10)19(26)28-2/h3-6,12-13,16-17,24-25H,7-9H2,1-2H3,(H,20,23)/t12-,13+,16-,17+/m0/s1. The quantitative estimate of drug-likeness (QED) is 0.467. The molecule has 1 aliphatic heterocycles. The van der Waals surface area contributed by atoms with Crippen LogP contribution in [0, 0.1) is 0 Å². The topological polar surface area (TPSA) is 153 Å². The van der Waals surface area contributed by atoms with Crippen molar-refractivity contribution >= 4 is 11.9 Å². The Bertz CT molecular complexity index is 869. The molecule has 0 unspecified atom stereocenters. The summed E-state index contributed by atoms with van der Waals surface area (Å²) < 4.78 is 20.2. The zero-order valence-corrected chi connectivity index (χ0v) is 16.5. The summed E-state index contributed by atoms with van der Waals surface area (Å²) in [4.78, 5) is 27.2. The summed E-state index contributed by atoms with van der Waals surface area (Å²) in [6.07, 6.45) is -3.83. The summed E-state index contributed by atoms with van der Waals surface area (Å²) >= 11 is 0. The van der Waals surface area contributed by atoms with Crippen molar-refractivity contribution in [1.82, 2.24) is 15.5 Å². The maximum absolute atomic E-state index is 11.5. The molecule has 4 atom stereocenters. The Labute approximate surface area is 171 Å². The summed E-state index contributed by atoms with van der Waals surface area (Å²) in [6.45, 7) is -0.0846. The van der Waals surface area contributed by atoms with Gasteiger partial charge in [0.05, 0.1) is 25.2 Å². The van der Waals surface area contributed by atoms with Crippen molar-refractivity contribution in [3.8, 4) is 11.4 Å². The van der Waals surface area contributed by atoms with Gasteiger partial charge in [0, 0.05) is 19.2 Å². The number of ether oxygens (including phenoxy) is 3. The second kappa shape index (κ2) is 9.76. The first-order chi connectivity index (χ1) is 14.4. The van der Waals surface area contributed by atoms with E-state index in [1.807, 2.05) is 0 Å². The number of hydrogen-bond donors (Lipinski definition) is 3. The molecule has 2 aromatic rings. The number of aliphatic hydroxyl groups excluding tert-OH is 2. The maximum Gasteiger partial charge on any atom is 0.337 e. The molecule has 11 heteroatoms. The lowest BCUT2D eigenvalue weighted by Gasteiger charge is -2.15. The molecule has 1 fully saturated rings. The number of rotatable bonds is 8. The monoisotopic (exact) mass is 421 g/mol. The first-order valence-electron chi connectivity index (χ1n) is 9.21. The second-order valence-corrected chi connectivity index (χ2v) is 6.72. The van der Waals surface area contributed by atoms with Gasteiger partial charge in [-0.25, -0.2) is 4.79 Å². The van der Waals surface area contributed by atoms with Gasteiger partial charge >= 0.3 is 5.97 Å². The summed E-state index contributed by atoms with van der Waals surface area (Å²) in [7, 11) is 2.70. The van der Waals surface area contributed by atoms with Crippen LogP contribution in [0.5, 0.6) is 0 Å². The Hall–Kier alpha value is -2.86. The molecule has 1 amide bonds. The highest BCUT2D eigenvalue weighted by atomic mass is 16.5. The maximum atomic E-state index is 11.5. The normalized spacial score (nSPS) is 23.3. The van der Waals surface area contributed by atoms with Crippen molar-refractivity contribution in [3.63, 3.8) is 0 Å². The van der Waals surface area contributed by atoms with Crippen LogP contribution in [0.15, 0.2) is 28.8 Å². The number of carbonyl (C=O) groups is 2. The number of aliphatic hydroxyl groups is 2. The Morgan fingerprint density at radius 3 is 2.50 bits per heavy atom. The van der Waals surface area contributed by atoms with Gasteiger partial charge in [0.25, 0.3) is 0 Å². The van der Waals surface area contributed by atoms with Crippen molar-refractivity contribution in [1.29, 1.82) is 0 Å². The number of amides is 1. The van der Waals surface area contributed by atoms with Crippen molar-refractivity contribution in [2.45, 2.75) is 30.8 Å². The third kappa shape index (κ3) is 5.00. The summed E-state index contributed by atoms with van der Waals surface area (Å²) in [5, 5.41) is 26.9. The molecule has 2 heterocycles. The van der Waals surface area contributed by atoms with Gasteiger partial charge in [-0.3, -0.25) is 4.79 Å². The lowest BCUT2D eigenvalue weighted by Crippen LogP contribution is -2.40. The molecule has 0 aliphatic carbocycles. The van der Waals surface area contributed by atoms with E-state index in [-0.39, 0.29) is 31.4 Å². The van der Waals surface area contributed by atoms with Gasteiger partial charge in [0.2, 0.25) is 17.6 Å². The Morgan fingerprint density at radius 1 is 1.13 bits per heavy atom. The van der Waals surface area contributed by atoms with E-state index in [0.29, 0.717) is 17.0 Å². The number of aromatic nitrogens is 2. The number of esters is 1. The lowest BCUT2D eigenvalue weighted by atomic mass is 10.1. The van der Waals surface area contributed by atoms with Gasteiger partial charge in [0.15, 0.2) is 0 Å². The molecule has 3 rings (SSSR count). The van der Waals surface area contributed by atoms with Crippen LogP contribution in [0.1, 0.15) is 16.2 Å². The third-order valence-corrected chi connectivity index (χ3v) is 4.65. The third-order valence-electron chi connectivity index (χ3n) is 4.65. The fourth-order valence-corrected chi connectivity index (χ4v) is 3.06. The molecule has 1 aromatic carbocycles. The van der Waals surface area contributed by atoms with Crippen LogP contribution < -0.4 is 5.32 Å². The molecule has 0 bridgehead atoms. The van der Waals surface area contributed by atoms with Gasteiger partial charge in [-0.05, 0) is 12.1 Å². The highest BCUT2D eigenvalue weighted by molar-refractivity contribution is 5.89. The molecule has 1 aromatic heterocycles. The molecule has 162 valence electrons. The largest absolute Gasteiger partial charge is 0.465 e. The van der Waals surface area contributed by atoms with E-state index in [2.05, 4.69) is 20.2 Å². The number of nitrogens with one attached hydrogen (secondary N) is 1. The molecule has 0 spiro atoms. The number of methoxy groups -OCH3 is 2. The van der Waals surface area contributed by atoms with Gasteiger partial charge < -0.3 is 34.3 Å². The van der Waals surface area contributed by atoms with Crippen LogP contribution in [-0.4, -0.2) is 84.0 Å². The Morgan fingerprint density at radius 2 is 1.83 bits per heavy atom. The zero-order valence-electron chi connectivity index (χ0n) is 16.5. The van der Waals surface area contributed by atoms with E-state index in [1.54, 1.807) is 24.3 Å². The number of nitrogens with zero attached hydrogens (tertiary/aromatic N) is 2. The van der Waals surface area contributed by atoms with Gasteiger partial charge in [0.1, 0.15) is 24.9 Å². The minimum Gasteiger partial charge on any atom is -0.465 e. The van der Waals surface area contributed by atoms with E-state index in [0.717, 1.165) is 0 Å². The van der Waals surface area contributed by atoms with Crippen molar-refractivity contribution in [2.75, 3.05) is 27.4 Å². The molecule has 1 aliphatic rings. The van der Waals surface area contributed by atoms with Crippen LogP contribution in [0.25, 0.3) is 11.4 Å². The highest BCUT2D eigenvalue weighted by Gasteiger charge is 2.43. The van der Waals surface area contributed by atoms with Gasteiger partial charge in [-0.1, -0.05) is 17.3 Å². The number of hydrogen-bond acceptors (Lipinski definition) is 10. The number of carbonyl (C=O) groups excluding carboxylic acids is 2. The van der Waals surface area contributed by atoms with E-state index < -0.39 is 30.4 Å². The van der Waals surface area contributed by atoms with Crippen LogP contribution in [0.4, 0.5) is 0 Å². The van der Waals surface area contributed by atoms with Crippen LogP contribution in [0.2, 0.25) is 0 Å². The van der Waals surface area contributed by atoms with Crippen LogP contribution in [-0.2, 0) is 25.4 Å². The van der Waals surface area contributed by atoms with Crippen molar-refractivity contribution in [3.05, 3.63) is 35.7 Å². The first-order valence-corrected chi connectivity index (χ1v) is 9.21. The average Bonchev–Trinajstić information content (AvgIpc) is 3.32. The van der Waals surface area contributed by atoms with Crippen molar-refractivity contribution in [2.24, 2.45) is 0 Å². The van der Waals surface area contributed by atoms with Gasteiger partial charge in [-0.2, -0.15) is 4.98 Å². The molecule has 30 heavy (non-hydrogen) atoms. The fourth-order valence-electron chi connectivity index (χ4n) is 3.06. The second-order valence-electron chi connectivity index (χ2n) is 6.72. The number of benzene rings is 1. The molecule has 0 saturated carbocycles. The molecule has 0 radical (unpaired) electrons. The van der Waals surface area contributed by atoms with E-state index in [1.165, 1.54) is 14.2 Å². The Kier molecular flexibility index (Phi) is 7.11. The summed E-state index contributed by atoms with van der Waals surface area (Å²) in [5.41, 5.74) is 1.02. The fraction of sp³-hybridized carbons (Fsp3) is 0.474. The van der Waals surface area contributed by atoms with Crippen LogP contribution >= 0.6 is 0 Å². The lowest BCUT2D eigenvalue weighted by molar-refractivity contribution is -0.125. The summed E-state index contributed by atoms with van der Waals surface area (Å²) in [6, 6.07) is 6.48. The van der Waals surface area contributed by atoms with Gasteiger partial charge in [-0.15, -0.1) is 0 Å². The minimum atomic E-state index is -1.18. The SMILES string of the molecule is COCC(=O)NC[C@H]1O[C@@H](Cc2nc(-c3ccc(C(=O)OC)cc3)no2)[C@H](O)[C@@H]1O. The molecular weight excluding hydrogens is 398 g/mol. The van der Waals surface area contributed by atoms with Crippen LogP contribution in [0.3, 0.4) is 0 Å². The molecule has 1 saturated heterocycles. The zero-order chi connectivity index (χ0) is 21.7. The average molecular weight is 421 g/mol. The van der Waals surface area contributed by atoms with E-state index >= 15 is 0 Å². The van der Waals surface area contributed by atoms with E-state index in [9.17, 15) is 19.8 Å². The predicted molar refractivity (Wildman–Crippen MR) is 100 cm³/mol. The molecule has 3 N–H and O–H groups in total. The molecular formula is C19H23N3O8. The highest BCUT2D eigenvalue weighted by Crippen LogP contribution is 2.25. The van der Waals surface area contributed by atoms with E-state index in [4.69, 9.17) is 14.0 Å². The summed E-state index contributed by atoms with van der Waals surface area (Å²) in [5.74, 6) is -0.291. The van der Waals surface area contributed by atoms with Crippen molar-refractivity contribution < 1.29 is 38.5 Å². The first kappa shape index (κ1) is 21.8. The predicted octanol–water partition coefficient (Wildman–Crippen LogP) is -0.682. The minimum absolute atomic E-state index is 0.0263.